The van der Waals surface area contributed by atoms with Crippen LogP contribution in [0.1, 0.15) is 23.5 Å². The number of benzene rings is 2. The van der Waals surface area contributed by atoms with E-state index in [1.165, 1.54) is 0 Å². The van der Waals surface area contributed by atoms with Crippen LogP contribution in [0.5, 0.6) is 0 Å². The van der Waals surface area contributed by atoms with Crippen molar-refractivity contribution in [2.24, 2.45) is 5.92 Å². The normalized spacial score (nSPS) is 20.6. The molecule has 30 heavy (non-hydrogen) atoms. The third kappa shape index (κ3) is 3.93. The van der Waals surface area contributed by atoms with Gasteiger partial charge in [0.2, 0.25) is 5.91 Å². The minimum atomic E-state index is -1.91. The zero-order valence-electron chi connectivity index (χ0n) is 16.1. The maximum atomic E-state index is 13.6. The average molecular weight is 421 g/mol. The standard InChI is InChI=1S/C22H19N3O4S/c1-29-20(28)22(16(13-23)19(27)24-21(30)25-22)12-17(26)18(14-8-4-2-5-9-14)15-10-6-3-7-11-15/h2-11,16,18H,12H2,1H3,(H2,24,25,27,30)/t16-,22+/m1/s1. The van der Waals surface area contributed by atoms with E-state index < -0.39 is 35.7 Å². The van der Waals surface area contributed by atoms with Crippen molar-refractivity contribution in [3.8, 4) is 6.07 Å². The molecule has 0 saturated carbocycles. The summed E-state index contributed by atoms with van der Waals surface area (Å²) >= 11 is 5.03. The Bertz CT molecular complexity index is 980. The van der Waals surface area contributed by atoms with Gasteiger partial charge in [0.1, 0.15) is 5.78 Å². The minimum Gasteiger partial charge on any atom is -0.467 e. The van der Waals surface area contributed by atoms with Crippen molar-refractivity contribution in [1.82, 2.24) is 10.6 Å². The summed E-state index contributed by atoms with van der Waals surface area (Å²) in [6, 6.07) is 20.0. The number of carbonyl (C=O) groups is 3. The number of ketones is 1. The second-order valence-corrected chi connectivity index (χ2v) is 7.27. The molecule has 3 rings (SSSR count). The van der Waals surface area contributed by atoms with Crippen LogP contribution >= 0.6 is 12.2 Å². The van der Waals surface area contributed by atoms with Gasteiger partial charge in [-0.15, -0.1) is 0 Å². The number of nitriles is 1. The maximum Gasteiger partial charge on any atom is 0.333 e. The fourth-order valence-electron chi connectivity index (χ4n) is 3.68. The summed E-state index contributed by atoms with van der Waals surface area (Å²) in [5, 5.41) is 14.5. The van der Waals surface area contributed by atoms with Gasteiger partial charge < -0.3 is 15.4 Å². The lowest BCUT2D eigenvalue weighted by Crippen LogP contribution is -2.70. The molecule has 0 aromatic heterocycles. The Kier molecular flexibility index (Phi) is 6.23. The molecule has 2 N–H and O–H groups in total. The number of nitrogens with zero attached hydrogens (tertiary/aromatic N) is 1. The summed E-state index contributed by atoms with van der Waals surface area (Å²) in [5.41, 5.74) is -0.461. The highest BCUT2D eigenvalue weighted by Gasteiger charge is 2.56. The van der Waals surface area contributed by atoms with Crippen molar-refractivity contribution >= 4 is 35.0 Å². The maximum absolute atomic E-state index is 13.6. The van der Waals surface area contributed by atoms with Crippen LogP contribution in [-0.4, -0.2) is 35.4 Å². The Morgan fingerprint density at radius 1 is 1.13 bits per heavy atom. The van der Waals surface area contributed by atoms with Crippen LogP contribution in [-0.2, 0) is 19.1 Å². The fraction of sp³-hybridized carbons (Fsp3) is 0.227. The van der Waals surface area contributed by atoms with E-state index in [1.807, 2.05) is 66.7 Å². The number of thiocarbonyl (C=S) groups is 1. The zero-order valence-corrected chi connectivity index (χ0v) is 16.9. The monoisotopic (exact) mass is 421 g/mol. The lowest BCUT2D eigenvalue weighted by Gasteiger charge is -2.39. The molecule has 1 saturated heterocycles. The summed E-state index contributed by atoms with van der Waals surface area (Å²) in [5.74, 6) is -4.21. The molecule has 8 heteroatoms. The average Bonchev–Trinajstić information content (AvgIpc) is 2.74. The first-order valence-corrected chi connectivity index (χ1v) is 9.57. The van der Waals surface area contributed by atoms with Crippen LogP contribution in [0.4, 0.5) is 0 Å². The van der Waals surface area contributed by atoms with E-state index in [0.717, 1.165) is 18.2 Å². The fourth-order valence-corrected chi connectivity index (χ4v) is 3.97. The Morgan fingerprint density at radius 2 is 1.67 bits per heavy atom. The predicted octanol–water partition coefficient (Wildman–Crippen LogP) is 1.83. The van der Waals surface area contributed by atoms with Crippen molar-refractivity contribution in [1.29, 1.82) is 5.26 Å². The highest BCUT2D eigenvalue weighted by Crippen LogP contribution is 2.33. The summed E-state index contributed by atoms with van der Waals surface area (Å²) in [4.78, 5) is 38.7. The highest BCUT2D eigenvalue weighted by atomic mass is 32.1. The molecule has 1 fully saturated rings. The molecule has 7 nitrogen and oxygen atoms in total. The van der Waals surface area contributed by atoms with Crippen molar-refractivity contribution in [3.63, 3.8) is 0 Å². The van der Waals surface area contributed by atoms with E-state index in [1.54, 1.807) is 0 Å². The van der Waals surface area contributed by atoms with Gasteiger partial charge in [-0.2, -0.15) is 5.26 Å². The predicted molar refractivity (Wildman–Crippen MR) is 112 cm³/mol. The summed E-state index contributed by atoms with van der Waals surface area (Å²) in [6.07, 6.45) is -0.458. The van der Waals surface area contributed by atoms with Gasteiger partial charge >= 0.3 is 5.97 Å². The number of methoxy groups -OCH3 is 1. The molecule has 0 radical (unpaired) electrons. The molecule has 0 spiro atoms. The molecular formula is C22H19N3O4S. The first-order valence-electron chi connectivity index (χ1n) is 9.16. The van der Waals surface area contributed by atoms with Crippen LogP contribution in [0.15, 0.2) is 60.7 Å². The van der Waals surface area contributed by atoms with Gasteiger partial charge in [-0.1, -0.05) is 60.7 Å². The molecule has 2 aromatic carbocycles. The van der Waals surface area contributed by atoms with Gasteiger partial charge in [-0.25, -0.2) is 4.79 Å². The number of esters is 1. The highest BCUT2D eigenvalue weighted by molar-refractivity contribution is 7.80. The van der Waals surface area contributed by atoms with Gasteiger partial charge in [-0.05, 0) is 23.3 Å². The van der Waals surface area contributed by atoms with E-state index in [2.05, 4.69) is 10.6 Å². The van der Waals surface area contributed by atoms with Crippen LogP contribution in [0.3, 0.4) is 0 Å². The number of Topliss-reactive ketones (excluding diaryl/α,β-unsaturated/α-hetero) is 1. The molecule has 2 atom stereocenters. The molecule has 1 aliphatic heterocycles. The van der Waals surface area contributed by atoms with Crippen LogP contribution in [0, 0.1) is 17.2 Å². The van der Waals surface area contributed by atoms with E-state index in [4.69, 9.17) is 17.0 Å². The molecule has 1 amide bonds. The van der Waals surface area contributed by atoms with Gasteiger partial charge in [0.05, 0.1) is 19.1 Å². The lowest BCUT2D eigenvalue weighted by atomic mass is 9.74. The minimum absolute atomic E-state index is 0.138. The number of carbonyl (C=O) groups excluding carboxylic acids is 3. The molecule has 1 heterocycles. The van der Waals surface area contributed by atoms with Gasteiger partial charge in [0.15, 0.2) is 16.6 Å². The number of amides is 1. The molecule has 2 aromatic rings. The third-order valence-electron chi connectivity index (χ3n) is 5.05. The van der Waals surface area contributed by atoms with Crippen molar-refractivity contribution in [2.45, 2.75) is 17.9 Å². The lowest BCUT2D eigenvalue weighted by molar-refractivity contribution is -0.154. The first-order chi connectivity index (χ1) is 14.4. The number of hydrogen-bond donors (Lipinski definition) is 2. The van der Waals surface area contributed by atoms with E-state index in [0.29, 0.717) is 0 Å². The van der Waals surface area contributed by atoms with E-state index in [-0.39, 0.29) is 10.9 Å². The van der Waals surface area contributed by atoms with Gasteiger partial charge in [-0.3, -0.25) is 9.59 Å². The summed E-state index contributed by atoms with van der Waals surface area (Å²) in [6.45, 7) is 0. The Balaban J connectivity index is 2.07. The SMILES string of the molecule is COC(=O)[C@@]1(CC(=O)C(c2ccccc2)c2ccccc2)NC(=S)NC(=O)[C@H]1C#N. The number of nitrogens with one attached hydrogen (secondary N) is 2. The molecule has 0 unspecified atom stereocenters. The molecule has 152 valence electrons. The second kappa shape index (κ2) is 8.84. The van der Waals surface area contributed by atoms with E-state index in [9.17, 15) is 19.6 Å². The van der Waals surface area contributed by atoms with Crippen LogP contribution in [0.25, 0.3) is 0 Å². The zero-order chi connectivity index (χ0) is 21.7. The number of rotatable bonds is 6. The van der Waals surface area contributed by atoms with Crippen molar-refractivity contribution in [3.05, 3.63) is 71.8 Å². The van der Waals surface area contributed by atoms with Gasteiger partial charge in [0.25, 0.3) is 0 Å². The smallest absolute Gasteiger partial charge is 0.333 e. The topological polar surface area (TPSA) is 108 Å². The molecule has 1 aliphatic rings. The first kappa shape index (κ1) is 21.1. The van der Waals surface area contributed by atoms with Crippen LogP contribution < -0.4 is 10.6 Å². The summed E-state index contributed by atoms with van der Waals surface area (Å²) < 4.78 is 4.87. The van der Waals surface area contributed by atoms with Gasteiger partial charge in [0, 0.05) is 6.42 Å². The van der Waals surface area contributed by atoms with E-state index >= 15 is 0 Å². The molecule has 0 aliphatic carbocycles. The van der Waals surface area contributed by atoms with Crippen molar-refractivity contribution in [2.75, 3.05) is 7.11 Å². The Hall–Kier alpha value is -3.57. The number of hydrogen-bond acceptors (Lipinski definition) is 6. The largest absolute Gasteiger partial charge is 0.467 e. The van der Waals surface area contributed by atoms with Crippen molar-refractivity contribution < 1.29 is 19.1 Å². The number of ether oxygens (including phenoxy) is 1. The quantitative estimate of drug-likeness (QED) is 0.541. The Morgan fingerprint density at radius 3 is 2.13 bits per heavy atom. The Labute approximate surface area is 179 Å². The second-order valence-electron chi connectivity index (χ2n) is 6.87. The summed E-state index contributed by atoms with van der Waals surface area (Å²) in [7, 11) is 1.13. The third-order valence-corrected chi connectivity index (χ3v) is 5.25. The van der Waals surface area contributed by atoms with Crippen LogP contribution in [0.2, 0.25) is 0 Å². The molecular weight excluding hydrogens is 402 g/mol. The molecule has 0 bridgehead atoms.